The molecule has 0 rings (SSSR count). The molecule has 1 amide bonds. The molecule has 0 heterocycles. The highest BCUT2D eigenvalue weighted by Gasteiger charge is 2.20. The van der Waals surface area contributed by atoms with E-state index in [4.69, 9.17) is 4.74 Å². The average molecular weight is 1030 g/mol. The van der Waals surface area contributed by atoms with Crippen molar-refractivity contribution in [2.45, 2.75) is 379 Å². The molecule has 0 fully saturated rings. The summed E-state index contributed by atoms with van der Waals surface area (Å²) < 4.78 is 5.48. The Morgan fingerprint density at radius 3 is 1.07 bits per heavy atom. The van der Waals surface area contributed by atoms with Crippen molar-refractivity contribution in [3.05, 3.63) is 24.3 Å². The molecule has 0 aromatic heterocycles. The predicted octanol–water partition coefficient (Wildman–Crippen LogP) is 21.0. The van der Waals surface area contributed by atoms with Gasteiger partial charge in [0.15, 0.2) is 0 Å². The maximum atomic E-state index is 12.5. The molecule has 0 aliphatic carbocycles. The Hall–Kier alpha value is -1.66. The van der Waals surface area contributed by atoms with Gasteiger partial charge in [-0.2, -0.15) is 0 Å². The second kappa shape index (κ2) is 62.9. The Labute approximate surface area is 456 Å². The smallest absolute Gasteiger partial charge is 0.305 e. The third-order valence-corrected chi connectivity index (χ3v) is 15.5. The normalized spacial score (nSPS) is 12.7. The topological polar surface area (TPSA) is 95.9 Å². The first-order valence-corrected chi connectivity index (χ1v) is 33.1. The van der Waals surface area contributed by atoms with Crippen molar-refractivity contribution in [3.63, 3.8) is 0 Å². The van der Waals surface area contributed by atoms with Crippen LogP contribution in [0.1, 0.15) is 367 Å². The van der Waals surface area contributed by atoms with Gasteiger partial charge in [-0.05, 0) is 57.8 Å². The molecule has 0 aromatic carbocycles. The van der Waals surface area contributed by atoms with Crippen LogP contribution in [0, 0.1) is 0 Å². The lowest BCUT2D eigenvalue weighted by Gasteiger charge is -2.22. The summed E-state index contributed by atoms with van der Waals surface area (Å²) in [7, 11) is 0. The summed E-state index contributed by atoms with van der Waals surface area (Å²) in [5.74, 6) is -0.0251. The SMILES string of the molecule is CCCCC/C=C\C/C=C\CCCCCCCC(=O)OCCCCCCCCCCCCCCCCCCCCCCCCCCCCCCC(=O)NC(CO)C(O)CCCCCCCCCCCCCCC. The molecule has 0 aromatic rings. The fraction of sp³-hybridized carbons (Fsp3) is 0.910. The number of ether oxygens (including phenoxy) is 1. The van der Waals surface area contributed by atoms with Gasteiger partial charge in [-0.25, -0.2) is 0 Å². The summed E-state index contributed by atoms with van der Waals surface area (Å²) in [6.45, 7) is 4.94. The van der Waals surface area contributed by atoms with Gasteiger partial charge in [0.25, 0.3) is 0 Å². The number of rotatable bonds is 62. The highest BCUT2D eigenvalue weighted by Crippen LogP contribution is 2.19. The largest absolute Gasteiger partial charge is 0.466 e. The van der Waals surface area contributed by atoms with Crippen LogP contribution in [-0.2, 0) is 14.3 Å². The molecular formula is C67H129NO5. The second-order valence-electron chi connectivity index (χ2n) is 22.8. The Morgan fingerprint density at radius 2 is 0.685 bits per heavy atom. The van der Waals surface area contributed by atoms with Crippen molar-refractivity contribution < 1.29 is 24.5 Å². The molecule has 0 radical (unpaired) electrons. The van der Waals surface area contributed by atoms with E-state index in [0.29, 0.717) is 25.9 Å². The summed E-state index contributed by atoms with van der Waals surface area (Å²) >= 11 is 0. The van der Waals surface area contributed by atoms with Crippen LogP contribution in [0.4, 0.5) is 0 Å². The van der Waals surface area contributed by atoms with Crippen LogP contribution < -0.4 is 5.32 Å². The molecule has 432 valence electrons. The van der Waals surface area contributed by atoms with E-state index in [9.17, 15) is 19.8 Å². The van der Waals surface area contributed by atoms with Gasteiger partial charge in [0, 0.05) is 12.8 Å². The van der Waals surface area contributed by atoms with Crippen molar-refractivity contribution in [1.29, 1.82) is 0 Å². The third-order valence-electron chi connectivity index (χ3n) is 15.5. The van der Waals surface area contributed by atoms with E-state index in [2.05, 4.69) is 43.5 Å². The molecule has 6 heteroatoms. The number of amides is 1. The first-order valence-electron chi connectivity index (χ1n) is 33.1. The van der Waals surface area contributed by atoms with Crippen molar-refractivity contribution in [3.8, 4) is 0 Å². The zero-order chi connectivity index (χ0) is 52.9. The van der Waals surface area contributed by atoms with Crippen LogP contribution in [0.5, 0.6) is 0 Å². The van der Waals surface area contributed by atoms with Crippen LogP contribution in [0.2, 0.25) is 0 Å². The number of aliphatic hydroxyl groups excluding tert-OH is 2. The van der Waals surface area contributed by atoms with E-state index in [1.165, 1.54) is 283 Å². The van der Waals surface area contributed by atoms with Crippen molar-refractivity contribution in [2.75, 3.05) is 13.2 Å². The maximum absolute atomic E-state index is 12.5. The van der Waals surface area contributed by atoms with Gasteiger partial charge < -0.3 is 20.3 Å². The van der Waals surface area contributed by atoms with Crippen LogP contribution in [0.15, 0.2) is 24.3 Å². The summed E-state index contributed by atoms with van der Waals surface area (Å²) in [6.07, 6.45) is 77.8. The molecule has 0 aliphatic rings. The lowest BCUT2D eigenvalue weighted by atomic mass is 10.0. The number of esters is 1. The number of hydrogen-bond donors (Lipinski definition) is 3. The molecule has 0 aliphatic heterocycles. The van der Waals surface area contributed by atoms with E-state index in [1.807, 2.05) is 0 Å². The minimum Gasteiger partial charge on any atom is -0.466 e. The Balaban J connectivity index is 3.33. The highest BCUT2D eigenvalue weighted by molar-refractivity contribution is 5.76. The number of hydrogen-bond acceptors (Lipinski definition) is 5. The maximum Gasteiger partial charge on any atom is 0.305 e. The van der Waals surface area contributed by atoms with E-state index in [-0.39, 0.29) is 18.5 Å². The van der Waals surface area contributed by atoms with Crippen molar-refractivity contribution in [1.82, 2.24) is 5.32 Å². The van der Waals surface area contributed by atoms with Gasteiger partial charge in [0.05, 0.1) is 25.4 Å². The Bertz CT molecular complexity index is 1140. The fourth-order valence-corrected chi connectivity index (χ4v) is 10.4. The minimum absolute atomic E-state index is 0.00516. The molecule has 73 heavy (non-hydrogen) atoms. The number of carbonyl (C=O) groups excluding carboxylic acids is 2. The van der Waals surface area contributed by atoms with Gasteiger partial charge in [-0.1, -0.05) is 321 Å². The second-order valence-corrected chi connectivity index (χ2v) is 22.8. The molecule has 2 atom stereocenters. The van der Waals surface area contributed by atoms with E-state index < -0.39 is 12.1 Å². The predicted molar refractivity (Wildman–Crippen MR) is 320 cm³/mol. The van der Waals surface area contributed by atoms with Crippen molar-refractivity contribution >= 4 is 11.9 Å². The van der Waals surface area contributed by atoms with Crippen LogP contribution in [0.3, 0.4) is 0 Å². The highest BCUT2D eigenvalue weighted by atomic mass is 16.5. The van der Waals surface area contributed by atoms with Crippen molar-refractivity contribution in [2.24, 2.45) is 0 Å². The minimum atomic E-state index is -0.661. The lowest BCUT2D eigenvalue weighted by molar-refractivity contribution is -0.143. The molecule has 0 spiro atoms. The summed E-state index contributed by atoms with van der Waals surface area (Å²) in [5.41, 5.74) is 0. The molecule has 0 saturated carbocycles. The molecule has 2 unspecified atom stereocenters. The lowest BCUT2D eigenvalue weighted by Crippen LogP contribution is -2.45. The molecule has 6 nitrogen and oxygen atoms in total. The fourth-order valence-electron chi connectivity index (χ4n) is 10.4. The molecular weight excluding hydrogens is 899 g/mol. The van der Waals surface area contributed by atoms with Gasteiger partial charge >= 0.3 is 5.97 Å². The summed E-state index contributed by atoms with van der Waals surface area (Å²) in [5, 5.41) is 23.3. The zero-order valence-electron chi connectivity index (χ0n) is 49.4. The van der Waals surface area contributed by atoms with Crippen LogP contribution in [0.25, 0.3) is 0 Å². The summed E-state index contributed by atoms with van der Waals surface area (Å²) in [4.78, 5) is 24.5. The number of carbonyl (C=O) groups is 2. The van der Waals surface area contributed by atoms with Gasteiger partial charge in [0.1, 0.15) is 0 Å². The number of aliphatic hydroxyl groups is 2. The summed E-state index contributed by atoms with van der Waals surface area (Å²) in [6, 6.07) is -0.538. The first-order chi connectivity index (χ1) is 36.0. The van der Waals surface area contributed by atoms with E-state index >= 15 is 0 Å². The number of unbranched alkanes of at least 4 members (excludes halogenated alkanes) is 47. The number of allylic oxidation sites excluding steroid dienone is 4. The molecule has 0 bridgehead atoms. The number of nitrogens with one attached hydrogen (secondary N) is 1. The van der Waals surface area contributed by atoms with Gasteiger partial charge in [0.2, 0.25) is 5.91 Å². The third kappa shape index (κ3) is 59.4. The van der Waals surface area contributed by atoms with Crippen LogP contribution >= 0.6 is 0 Å². The zero-order valence-corrected chi connectivity index (χ0v) is 49.4. The quantitative estimate of drug-likeness (QED) is 0.0320. The molecule has 3 N–H and O–H groups in total. The van der Waals surface area contributed by atoms with E-state index in [1.54, 1.807) is 0 Å². The standard InChI is InChI=1S/C67H129NO5/c1-3-5-7-9-11-13-15-17-32-37-41-45-49-53-57-61-67(72)73-62-58-54-50-46-42-38-34-31-29-27-25-23-21-19-18-20-22-24-26-28-30-33-36-40-44-48-52-56-60-66(71)68-64(63-69)65(70)59-55-51-47-43-39-35-16-14-12-10-8-6-4-2/h11,13,17,32,64-65,69-70H,3-10,12,14-16,18-31,33-63H2,1-2H3,(H,68,71)/b13-11-,32-17-. The van der Waals surface area contributed by atoms with E-state index in [0.717, 1.165) is 51.4 Å². The first kappa shape index (κ1) is 71.3. The Kier molecular flexibility index (Phi) is 61.4. The van der Waals surface area contributed by atoms with Gasteiger partial charge in [-0.3, -0.25) is 9.59 Å². The van der Waals surface area contributed by atoms with Crippen LogP contribution in [-0.4, -0.2) is 47.4 Å². The van der Waals surface area contributed by atoms with Gasteiger partial charge in [-0.15, -0.1) is 0 Å². The Morgan fingerprint density at radius 1 is 0.384 bits per heavy atom. The monoisotopic (exact) mass is 1030 g/mol. The molecule has 0 saturated heterocycles. The average Bonchev–Trinajstić information content (AvgIpc) is 3.39.